The molecule has 1 heterocycles. The number of aliphatic imine (C=N–C) groups is 1. The largest absolute Gasteiger partial charge is 0.494 e. The lowest BCUT2D eigenvalue weighted by atomic mass is 10.1. The first-order chi connectivity index (χ1) is 20.2. The third-order valence-corrected chi connectivity index (χ3v) is 7.97. The van der Waals surface area contributed by atoms with Gasteiger partial charge in [0.2, 0.25) is 0 Å². The summed E-state index contributed by atoms with van der Waals surface area (Å²) in [6.07, 6.45) is 3.40. The number of hydrogen-bond donors (Lipinski definition) is 0. The van der Waals surface area contributed by atoms with Crippen LogP contribution in [0.2, 0.25) is 0 Å². The van der Waals surface area contributed by atoms with Crippen molar-refractivity contribution in [1.29, 1.82) is 0 Å². The molecule has 0 N–H and O–H groups in total. The predicted molar refractivity (Wildman–Crippen MR) is 172 cm³/mol. The van der Waals surface area contributed by atoms with Crippen molar-refractivity contribution in [2.24, 2.45) is 4.99 Å². The van der Waals surface area contributed by atoms with Crippen molar-refractivity contribution in [1.82, 2.24) is 4.90 Å². The zero-order valence-electron chi connectivity index (χ0n) is 25.3. The Bertz CT molecular complexity index is 1430. The Morgan fingerprint density at radius 2 is 1.57 bits per heavy atom. The summed E-state index contributed by atoms with van der Waals surface area (Å²) in [5.41, 5.74) is 3.58. The number of ether oxygens (including phenoxy) is 4. The van der Waals surface area contributed by atoms with Crippen LogP contribution in [0, 0.1) is 13.8 Å². The summed E-state index contributed by atoms with van der Waals surface area (Å²) in [4.78, 5) is 20.2. The van der Waals surface area contributed by atoms with Gasteiger partial charge >= 0.3 is 0 Å². The molecule has 1 amide bonds. The molecule has 8 heteroatoms. The van der Waals surface area contributed by atoms with E-state index >= 15 is 0 Å². The maximum absolute atomic E-state index is 13.5. The number of nitrogens with zero attached hydrogens (tertiary/aromatic N) is 2. The van der Waals surface area contributed by atoms with Gasteiger partial charge in [-0.2, -0.15) is 0 Å². The molecule has 222 valence electrons. The van der Waals surface area contributed by atoms with Crippen molar-refractivity contribution in [2.45, 2.75) is 47.1 Å². The summed E-state index contributed by atoms with van der Waals surface area (Å²) in [6, 6.07) is 19.3. The molecule has 1 aliphatic rings. The van der Waals surface area contributed by atoms with Crippen LogP contribution in [0.4, 0.5) is 5.69 Å². The van der Waals surface area contributed by atoms with Crippen LogP contribution in [-0.2, 0) is 4.79 Å². The van der Waals surface area contributed by atoms with Crippen molar-refractivity contribution in [3.63, 3.8) is 0 Å². The molecular weight excluding hydrogens is 548 g/mol. The molecule has 1 aliphatic heterocycles. The molecule has 0 saturated carbocycles. The molecule has 0 spiro atoms. The number of hydrogen-bond acceptors (Lipinski definition) is 7. The van der Waals surface area contributed by atoms with E-state index in [4.69, 9.17) is 23.9 Å². The monoisotopic (exact) mass is 588 g/mol. The summed E-state index contributed by atoms with van der Waals surface area (Å²) in [5, 5.41) is 0.717. The highest BCUT2D eigenvalue weighted by atomic mass is 32.2. The first-order valence-electron chi connectivity index (χ1n) is 14.3. The number of thioether (sulfide) groups is 1. The fourth-order valence-corrected chi connectivity index (χ4v) is 5.66. The van der Waals surface area contributed by atoms with E-state index in [0.717, 1.165) is 44.8 Å². The molecule has 0 atom stereocenters. The molecule has 0 unspecified atom stereocenters. The zero-order chi connectivity index (χ0) is 30.1. The molecule has 3 aromatic rings. The van der Waals surface area contributed by atoms with E-state index in [1.807, 2.05) is 70.2 Å². The van der Waals surface area contributed by atoms with Gasteiger partial charge in [-0.15, -0.1) is 0 Å². The number of rotatable bonds is 12. The second kappa shape index (κ2) is 14.3. The maximum atomic E-state index is 13.5. The molecule has 0 radical (unpaired) electrons. The fourth-order valence-electron chi connectivity index (χ4n) is 4.41. The van der Waals surface area contributed by atoms with Crippen LogP contribution in [0.5, 0.6) is 23.0 Å². The first kappa shape index (κ1) is 31.0. The van der Waals surface area contributed by atoms with Gasteiger partial charge in [0.05, 0.1) is 24.4 Å². The second-order valence-electron chi connectivity index (χ2n) is 10.5. The van der Waals surface area contributed by atoms with Crippen LogP contribution in [0.25, 0.3) is 6.08 Å². The highest BCUT2D eigenvalue weighted by Crippen LogP contribution is 2.36. The normalized spacial score (nSPS) is 15.3. The smallest absolute Gasteiger partial charge is 0.253 e. The Morgan fingerprint density at radius 3 is 2.29 bits per heavy atom. The lowest BCUT2D eigenvalue weighted by Gasteiger charge is -2.29. The van der Waals surface area contributed by atoms with Crippen molar-refractivity contribution in [3.05, 3.63) is 83.4 Å². The maximum Gasteiger partial charge on any atom is 0.253 e. The van der Waals surface area contributed by atoms with Crippen molar-refractivity contribution < 1.29 is 23.7 Å². The second-order valence-corrected chi connectivity index (χ2v) is 11.5. The van der Waals surface area contributed by atoms with Gasteiger partial charge < -0.3 is 18.9 Å². The third kappa shape index (κ3) is 8.10. The number of aryl methyl sites for hydroxylation is 2. The molecule has 3 aromatic carbocycles. The van der Waals surface area contributed by atoms with Gasteiger partial charge in [0.25, 0.3) is 5.91 Å². The standard InChI is InChI=1S/C34H40N2O5S/c1-7-38-27-13-15-28(16-14-27)40-19-20-41-30-17-11-26(22-31(30)39-8-2)12-18-32(37)36-33(42-23-34(36,5)6)35-29-21-24(3)9-10-25(29)4/h9-18,21-22H,7-8,19-20,23H2,1-6H3. The summed E-state index contributed by atoms with van der Waals surface area (Å²) < 4.78 is 23.1. The Morgan fingerprint density at radius 1 is 0.881 bits per heavy atom. The van der Waals surface area contributed by atoms with Gasteiger partial charge in [-0.1, -0.05) is 30.0 Å². The molecule has 1 fully saturated rings. The van der Waals surface area contributed by atoms with E-state index in [0.29, 0.717) is 37.9 Å². The Hall–Kier alpha value is -3.91. The molecule has 4 rings (SSSR count). The van der Waals surface area contributed by atoms with Gasteiger partial charge in [0.15, 0.2) is 16.7 Å². The first-order valence-corrected chi connectivity index (χ1v) is 15.2. The molecule has 42 heavy (non-hydrogen) atoms. The lowest BCUT2D eigenvalue weighted by molar-refractivity contribution is -0.124. The molecule has 0 bridgehead atoms. The Kier molecular flexibility index (Phi) is 10.6. The van der Waals surface area contributed by atoms with E-state index in [2.05, 4.69) is 32.0 Å². The lowest BCUT2D eigenvalue weighted by Crippen LogP contribution is -2.45. The van der Waals surface area contributed by atoms with Gasteiger partial charge in [0, 0.05) is 11.8 Å². The van der Waals surface area contributed by atoms with Crippen LogP contribution < -0.4 is 18.9 Å². The molecule has 0 aliphatic carbocycles. The highest BCUT2D eigenvalue weighted by Gasteiger charge is 2.40. The molecule has 0 aromatic heterocycles. The minimum atomic E-state index is -0.357. The van der Waals surface area contributed by atoms with Crippen LogP contribution in [0.3, 0.4) is 0 Å². The molecular formula is C34H40N2O5S. The predicted octanol–water partition coefficient (Wildman–Crippen LogP) is 7.61. The number of carbonyl (C=O) groups is 1. The Balaban J connectivity index is 1.41. The summed E-state index contributed by atoms with van der Waals surface area (Å²) in [7, 11) is 0. The summed E-state index contributed by atoms with van der Waals surface area (Å²) >= 11 is 1.61. The van der Waals surface area contributed by atoms with E-state index in [1.54, 1.807) is 28.8 Å². The van der Waals surface area contributed by atoms with Crippen molar-refractivity contribution in [2.75, 3.05) is 32.2 Å². The minimum Gasteiger partial charge on any atom is -0.494 e. The average molecular weight is 589 g/mol. The van der Waals surface area contributed by atoms with E-state index < -0.39 is 0 Å². The van der Waals surface area contributed by atoms with Gasteiger partial charge in [-0.05, 0) is 107 Å². The van der Waals surface area contributed by atoms with Gasteiger partial charge in [-0.3, -0.25) is 9.69 Å². The third-order valence-electron chi connectivity index (χ3n) is 6.58. The van der Waals surface area contributed by atoms with E-state index in [-0.39, 0.29) is 11.4 Å². The molecule has 7 nitrogen and oxygen atoms in total. The van der Waals surface area contributed by atoms with Crippen molar-refractivity contribution >= 4 is 34.6 Å². The fraction of sp³-hybridized carbons (Fsp3) is 0.353. The van der Waals surface area contributed by atoms with Gasteiger partial charge in [0.1, 0.15) is 24.7 Å². The van der Waals surface area contributed by atoms with Crippen molar-refractivity contribution in [3.8, 4) is 23.0 Å². The number of benzene rings is 3. The minimum absolute atomic E-state index is 0.112. The number of amidine groups is 1. The van der Waals surface area contributed by atoms with Crippen LogP contribution in [0.1, 0.15) is 44.4 Å². The van der Waals surface area contributed by atoms with Crippen LogP contribution >= 0.6 is 11.8 Å². The average Bonchev–Trinajstić information content (AvgIpc) is 3.27. The summed E-state index contributed by atoms with van der Waals surface area (Å²) in [6.45, 7) is 13.9. The summed E-state index contributed by atoms with van der Waals surface area (Å²) in [5.74, 6) is 3.46. The van der Waals surface area contributed by atoms with Crippen LogP contribution in [0.15, 0.2) is 71.7 Å². The SMILES string of the molecule is CCOc1ccc(OCCOc2ccc(C=CC(=O)N3C(=Nc4cc(C)ccc4C)SCC3(C)C)cc2OCC)cc1. The van der Waals surface area contributed by atoms with Gasteiger partial charge in [-0.25, -0.2) is 4.99 Å². The topological polar surface area (TPSA) is 69.6 Å². The zero-order valence-corrected chi connectivity index (χ0v) is 26.1. The van der Waals surface area contributed by atoms with E-state index in [9.17, 15) is 4.79 Å². The van der Waals surface area contributed by atoms with E-state index in [1.165, 1.54) is 0 Å². The number of amides is 1. The molecule has 1 saturated heterocycles. The van der Waals surface area contributed by atoms with Crippen LogP contribution in [-0.4, -0.2) is 53.7 Å². The number of carbonyl (C=O) groups excluding carboxylic acids is 1. The quantitative estimate of drug-likeness (QED) is 0.160. The Labute approximate surface area is 253 Å². The highest BCUT2D eigenvalue weighted by molar-refractivity contribution is 8.14.